The molecule has 0 saturated heterocycles. The van der Waals surface area contributed by atoms with E-state index >= 15 is 0 Å². The smallest absolute Gasteiger partial charge is 0.243 e. The number of rotatable bonds is 7. The van der Waals surface area contributed by atoms with Gasteiger partial charge in [0.25, 0.3) is 0 Å². The van der Waals surface area contributed by atoms with Crippen LogP contribution in [0, 0.1) is 5.92 Å². The molecule has 2 N–H and O–H groups in total. The second-order valence-electron chi connectivity index (χ2n) is 4.81. The molecule has 0 bridgehead atoms. The van der Waals surface area contributed by atoms with Gasteiger partial charge in [-0.3, -0.25) is 0 Å². The van der Waals surface area contributed by atoms with Gasteiger partial charge in [0.2, 0.25) is 5.89 Å². The number of nitrogens with two attached hydrogens (primary N) is 1. The van der Waals surface area contributed by atoms with Crippen molar-refractivity contribution in [3.63, 3.8) is 0 Å². The highest BCUT2D eigenvalue weighted by atomic mass is 32.2. The molecule has 0 aromatic carbocycles. The van der Waals surface area contributed by atoms with Crippen LogP contribution in [-0.2, 0) is 5.75 Å². The van der Waals surface area contributed by atoms with Crippen LogP contribution in [0.1, 0.15) is 58.3 Å². The van der Waals surface area contributed by atoms with Gasteiger partial charge in [-0.25, -0.2) is 0 Å². The van der Waals surface area contributed by atoms with Crippen molar-refractivity contribution in [2.45, 2.75) is 57.6 Å². The lowest BCUT2D eigenvalue weighted by atomic mass is 10.0. The molecule has 0 amide bonds. The normalized spacial score (nSPS) is 15.2. The summed E-state index contributed by atoms with van der Waals surface area (Å²) in [4.78, 5) is 4.35. The zero-order valence-corrected chi connectivity index (χ0v) is 12.0. The van der Waals surface area contributed by atoms with Gasteiger partial charge in [-0.05, 0) is 18.8 Å². The first-order valence-corrected chi connectivity index (χ1v) is 7.27. The minimum atomic E-state index is -0.134. The molecule has 0 aliphatic heterocycles. The van der Waals surface area contributed by atoms with Gasteiger partial charge in [0.1, 0.15) is 0 Å². The second kappa shape index (κ2) is 7.01. The number of hydrogen-bond acceptors (Lipinski definition) is 5. The predicted octanol–water partition coefficient (Wildman–Crippen LogP) is 3.15. The molecule has 0 spiro atoms. The molecular formula is C12H23N3OS. The van der Waals surface area contributed by atoms with Gasteiger partial charge in [0, 0.05) is 5.25 Å². The van der Waals surface area contributed by atoms with E-state index in [0.29, 0.717) is 17.1 Å². The molecule has 5 heteroatoms. The maximum Gasteiger partial charge on any atom is 0.243 e. The molecule has 2 atom stereocenters. The largest absolute Gasteiger partial charge is 0.338 e. The van der Waals surface area contributed by atoms with E-state index in [2.05, 4.69) is 37.8 Å². The van der Waals surface area contributed by atoms with E-state index in [1.165, 1.54) is 0 Å². The molecule has 98 valence electrons. The Hall–Kier alpha value is -0.550. The van der Waals surface area contributed by atoms with E-state index in [1.807, 2.05) is 11.8 Å². The zero-order valence-electron chi connectivity index (χ0n) is 11.1. The van der Waals surface area contributed by atoms with Gasteiger partial charge in [0.05, 0.1) is 11.8 Å². The van der Waals surface area contributed by atoms with E-state index in [0.717, 1.165) is 24.4 Å². The van der Waals surface area contributed by atoms with E-state index in [1.54, 1.807) is 0 Å². The van der Waals surface area contributed by atoms with Crippen molar-refractivity contribution in [2.24, 2.45) is 11.7 Å². The maximum atomic E-state index is 5.99. The van der Waals surface area contributed by atoms with E-state index in [9.17, 15) is 0 Å². The van der Waals surface area contributed by atoms with Crippen molar-refractivity contribution in [1.82, 2.24) is 10.1 Å². The number of hydrogen-bond donors (Lipinski definition) is 1. The number of nitrogens with zero attached hydrogens (tertiary/aromatic N) is 2. The lowest BCUT2D eigenvalue weighted by Gasteiger charge is -2.08. The third kappa shape index (κ3) is 5.08. The van der Waals surface area contributed by atoms with Crippen molar-refractivity contribution in [3.8, 4) is 0 Å². The minimum absolute atomic E-state index is 0.134. The van der Waals surface area contributed by atoms with Gasteiger partial charge in [0.15, 0.2) is 5.82 Å². The fourth-order valence-electron chi connectivity index (χ4n) is 1.42. The third-order valence-corrected chi connectivity index (χ3v) is 3.93. The van der Waals surface area contributed by atoms with E-state index in [-0.39, 0.29) is 6.04 Å². The first-order chi connectivity index (χ1) is 8.02. The molecule has 1 rings (SSSR count). The third-order valence-electron chi connectivity index (χ3n) is 2.60. The molecule has 1 aromatic heterocycles. The van der Waals surface area contributed by atoms with Crippen LogP contribution in [0.5, 0.6) is 0 Å². The monoisotopic (exact) mass is 257 g/mol. The fourth-order valence-corrected chi connectivity index (χ4v) is 2.21. The lowest BCUT2D eigenvalue weighted by Crippen LogP contribution is -2.13. The van der Waals surface area contributed by atoms with Crippen LogP contribution in [0.25, 0.3) is 0 Å². The average molecular weight is 257 g/mol. The summed E-state index contributed by atoms with van der Waals surface area (Å²) in [6.07, 6.45) is 2.03. The summed E-state index contributed by atoms with van der Waals surface area (Å²) in [5, 5.41) is 4.59. The summed E-state index contributed by atoms with van der Waals surface area (Å²) in [5.41, 5.74) is 5.99. The van der Waals surface area contributed by atoms with Gasteiger partial charge < -0.3 is 10.3 Å². The van der Waals surface area contributed by atoms with Crippen LogP contribution < -0.4 is 5.73 Å². The molecule has 4 nitrogen and oxygen atoms in total. The van der Waals surface area contributed by atoms with Crippen LogP contribution in [-0.4, -0.2) is 15.4 Å². The topological polar surface area (TPSA) is 64.9 Å². The molecule has 1 heterocycles. The predicted molar refractivity (Wildman–Crippen MR) is 71.7 cm³/mol. The molecule has 0 aliphatic rings. The highest BCUT2D eigenvalue weighted by Gasteiger charge is 2.16. The van der Waals surface area contributed by atoms with E-state index in [4.69, 9.17) is 10.3 Å². The first-order valence-electron chi connectivity index (χ1n) is 6.22. The summed E-state index contributed by atoms with van der Waals surface area (Å²) in [6.45, 7) is 8.65. The van der Waals surface area contributed by atoms with Crippen LogP contribution in [0.15, 0.2) is 4.52 Å². The van der Waals surface area contributed by atoms with Crippen molar-refractivity contribution < 1.29 is 4.52 Å². The molecule has 0 radical (unpaired) electrons. The van der Waals surface area contributed by atoms with E-state index < -0.39 is 0 Å². The minimum Gasteiger partial charge on any atom is -0.338 e. The first kappa shape index (κ1) is 14.5. The summed E-state index contributed by atoms with van der Waals surface area (Å²) < 4.78 is 5.19. The summed E-state index contributed by atoms with van der Waals surface area (Å²) in [5.74, 6) is 2.66. The Labute approximate surface area is 108 Å². The number of thioether (sulfide) groups is 1. The van der Waals surface area contributed by atoms with Crippen molar-refractivity contribution in [2.75, 3.05) is 0 Å². The van der Waals surface area contributed by atoms with Gasteiger partial charge in [-0.1, -0.05) is 32.9 Å². The Morgan fingerprint density at radius 1 is 1.35 bits per heavy atom. The molecule has 0 fully saturated rings. The standard InChI is InChI=1S/C12H23N3OS/c1-5-9(4)17-7-11-14-12(16-15-11)10(13)6-8(2)3/h8-10H,5-7,13H2,1-4H3. The molecule has 1 aromatic rings. The van der Waals surface area contributed by atoms with Crippen LogP contribution >= 0.6 is 11.8 Å². The second-order valence-corrected chi connectivity index (χ2v) is 6.24. The molecule has 0 saturated carbocycles. The number of aromatic nitrogens is 2. The zero-order chi connectivity index (χ0) is 12.8. The average Bonchev–Trinajstić information content (AvgIpc) is 2.73. The van der Waals surface area contributed by atoms with Crippen LogP contribution in [0.2, 0.25) is 0 Å². The molecule has 0 aliphatic carbocycles. The SMILES string of the molecule is CCC(C)SCc1noc(C(N)CC(C)C)n1. The Kier molecular flexibility index (Phi) is 5.98. The summed E-state index contributed by atoms with van der Waals surface area (Å²) in [6, 6.07) is -0.134. The Morgan fingerprint density at radius 3 is 2.65 bits per heavy atom. The van der Waals surface area contributed by atoms with Crippen molar-refractivity contribution in [1.29, 1.82) is 0 Å². The molecule has 2 unspecified atom stereocenters. The highest BCUT2D eigenvalue weighted by molar-refractivity contribution is 7.99. The van der Waals surface area contributed by atoms with Crippen LogP contribution in [0.3, 0.4) is 0 Å². The molecule has 17 heavy (non-hydrogen) atoms. The Balaban J connectivity index is 2.47. The fraction of sp³-hybridized carbons (Fsp3) is 0.833. The molecular weight excluding hydrogens is 234 g/mol. The van der Waals surface area contributed by atoms with Gasteiger partial charge >= 0.3 is 0 Å². The Morgan fingerprint density at radius 2 is 2.06 bits per heavy atom. The Bertz CT molecular complexity index is 327. The summed E-state index contributed by atoms with van der Waals surface area (Å²) in [7, 11) is 0. The summed E-state index contributed by atoms with van der Waals surface area (Å²) >= 11 is 1.84. The van der Waals surface area contributed by atoms with Crippen molar-refractivity contribution >= 4 is 11.8 Å². The van der Waals surface area contributed by atoms with Gasteiger partial charge in [-0.15, -0.1) is 0 Å². The quantitative estimate of drug-likeness (QED) is 0.813. The maximum absolute atomic E-state index is 5.99. The van der Waals surface area contributed by atoms with Crippen molar-refractivity contribution in [3.05, 3.63) is 11.7 Å². The lowest BCUT2D eigenvalue weighted by molar-refractivity contribution is 0.333. The highest BCUT2D eigenvalue weighted by Crippen LogP contribution is 2.21. The van der Waals surface area contributed by atoms with Gasteiger partial charge in [-0.2, -0.15) is 16.7 Å². The van der Waals surface area contributed by atoms with Crippen LogP contribution in [0.4, 0.5) is 0 Å².